The molecule has 0 aromatic heterocycles. The van der Waals surface area contributed by atoms with Gasteiger partial charge in [0, 0.05) is 0 Å². The molecule has 0 fully saturated rings. The predicted molar refractivity (Wildman–Crippen MR) is 195 cm³/mol. The van der Waals surface area contributed by atoms with Crippen LogP contribution < -0.4 is 0 Å². The highest BCUT2D eigenvalue weighted by atomic mass is 14.2. The molecule has 0 nitrogen and oxygen atoms in total. The molecule has 0 heterocycles. The van der Waals surface area contributed by atoms with E-state index in [1.807, 2.05) is 6.08 Å². The monoisotopic (exact) mass is 571 g/mol. The van der Waals surface area contributed by atoms with Gasteiger partial charge in [-0.1, -0.05) is 154 Å². The molecule has 0 aliphatic carbocycles. The van der Waals surface area contributed by atoms with Crippen LogP contribution in [0.2, 0.25) is 0 Å². The first-order chi connectivity index (χ1) is 20.0. The first kappa shape index (κ1) is 39.4. The number of hydrogen-bond acceptors (Lipinski definition) is 0. The van der Waals surface area contributed by atoms with Gasteiger partial charge in [-0.05, 0) is 110 Å². The molecular formula is C42H66. The van der Waals surface area contributed by atoms with Crippen molar-refractivity contribution in [2.75, 3.05) is 0 Å². The van der Waals surface area contributed by atoms with Gasteiger partial charge in [-0.3, -0.25) is 0 Å². The standard InChI is InChI=1S/C42H66/c1-14-20-22-25-33(9)36(12)42(37(13)38(17-4)24-16-3)31-39(18-5)40(26-23-21-15-2)30-29-35(11)41(19-6)34(10)28-27-32(7)8/h18-19,22-23,25-28,30-33,35H,5-6,14-17,20-21,24,29H2,1-4,7-13H3/b25-22-,26-23-,28-27-,38-37+,39-31+,40-30+,41-34+,42-36-. The average molecular weight is 571 g/mol. The molecule has 0 saturated heterocycles. The van der Waals surface area contributed by atoms with Crippen LogP contribution in [0.25, 0.3) is 0 Å². The van der Waals surface area contributed by atoms with E-state index in [2.05, 4.69) is 144 Å². The minimum Gasteiger partial charge on any atom is -0.0988 e. The van der Waals surface area contributed by atoms with E-state index < -0.39 is 0 Å². The van der Waals surface area contributed by atoms with Crippen LogP contribution in [0.5, 0.6) is 0 Å². The van der Waals surface area contributed by atoms with Gasteiger partial charge in [0.05, 0.1) is 0 Å². The van der Waals surface area contributed by atoms with Crippen LogP contribution in [-0.4, -0.2) is 0 Å². The third-order valence-electron chi connectivity index (χ3n) is 8.14. The fourth-order valence-electron chi connectivity index (χ4n) is 5.19. The van der Waals surface area contributed by atoms with Gasteiger partial charge in [0.15, 0.2) is 0 Å². The summed E-state index contributed by atoms with van der Waals surface area (Å²) in [6.45, 7) is 33.5. The second kappa shape index (κ2) is 22.9. The van der Waals surface area contributed by atoms with Crippen molar-refractivity contribution in [3.8, 4) is 0 Å². The zero-order valence-corrected chi connectivity index (χ0v) is 29.6. The van der Waals surface area contributed by atoms with Crippen LogP contribution in [-0.2, 0) is 0 Å². The van der Waals surface area contributed by atoms with Crippen molar-refractivity contribution in [3.05, 3.63) is 119 Å². The first-order valence-electron chi connectivity index (χ1n) is 16.8. The summed E-state index contributed by atoms with van der Waals surface area (Å²) in [4.78, 5) is 0. The molecule has 0 aromatic rings. The highest BCUT2D eigenvalue weighted by Gasteiger charge is 2.14. The molecule has 0 bridgehead atoms. The second-order valence-electron chi connectivity index (χ2n) is 12.2. The van der Waals surface area contributed by atoms with Crippen LogP contribution in [0.1, 0.15) is 128 Å². The van der Waals surface area contributed by atoms with Gasteiger partial charge in [0.1, 0.15) is 0 Å². The summed E-state index contributed by atoms with van der Waals surface area (Å²) in [7, 11) is 0. The van der Waals surface area contributed by atoms with Crippen molar-refractivity contribution in [2.45, 2.75) is 128 Å². The van der Waals surface area contributed by atoms with Crippen LogP contribution in [0.4, 0.5) is 0 Å². The molecule has 0 N–H and O–H groups in total. The van der Waals surface area contributed by atoms with E-state index in [4.69, 9.17) is 0 Å². The molecule has 42 heavy (non-hydrogen) atoms. The lowest BCUT2D eigenvalue weighted by atomic mass is 9.86. The molecule has 0 rings (SSSR count). The topological polar surface area (TPSA) is 0 Å². The van der Waals surface area contributed by atoms with Gasteiger partial charge < -0.3 is 0 Å². The van der Waals surface area contributed by atoms with Gasteiger partial charge in [-0.25, -0.2) is 0 Å². The van der Waals surface area contributed by atoms with E-state index in [0.29, 0.717) is 17.8 Å². The van der Waals surface area contributed by atoms with Crippen molar-refractivity contribution < 1.29 is 0 Å². The van der Waals surface area contributed by atoms with Gasteiger partial charge in [-0.2, -0.15) is 0 Å². The van der Waals surface area contributed by atoms with E-state index in [0.717, 1.165) is 38.5 Å². The smallest absolute Gasteiger partial charge is 0.00453 e. The number of unbranched alkanes of at least 4 members (excludes halogenated alkanes) is 2. The van der Waals surface area contributed by atoms with Crippen molar-refractivity contribution >= 4 is 0 Å². The Bertz CT molecular complexity index is 1070. The van der Waals surface area contributed by atoms with E-state index in [1.165, 1.54) is 51.9 Å². The predicted octanol–water partition coefficient (Wildman–Crippen LogP) is 14.0. The molecular weight excluding hydrogens is 504 g/mol. The normalized spacial score (nSPS) is 16.7. The molecule has 2 atom stereocenters. The molecule has 0 aliphatic rings. The van der Waals surface area contributed by atoms with E-state index >= 15 is 0 Å². The fraction of sp³-hybridized carbons (Fsp3) is 0.524. The van der Waals surface area contributed by atoms with E-state index in [1.54, 1.807) is 5.57 Å². The first-order valence-corrected chi connectivity index (χ1v) is 16.8. The van der Waals surface area contributed by atoms with Gasteiger partial charge in [0.25, 0.3) is 0 Å². The van der Waals surface area contributed by atoms with Crippen LogP contribution in [0.3, 0.4) is 0 Å². The molecule has 0 amide bonds. The molecule has 0 saturated carbocycles. The summed E-state index contributed by atoms with van der Waals surface area (Å²) in [5.74, 6) is 1.29. The highest BCUT2D eigenvalue weighted by molar-refractivity contribution is 5.55. The molecule has 2 unspecified atom stereocenters. The number of rotatable bonds is 20. The molecule has 0 spiro atoms. The summed E-state index contributed by atoms with van der Waals surface area (Å²) in [5, 5.41) is 0. The SMILES string of the molecule is C=C/C(=C(C)\C=C/C(C)C)C(C)C/C=C(\C=C/CCC)C(/C=C)=C/C(=C(\C)C(C)/C=C\CCC)C(/C)=C(\CC)CCC. The minimum atomic E-state index is 0.373. The molecule has 0 aliphatic heterocycles. The largest absolute Gasteiger partial charge is 0.0988 e. The summed E-state index contributed by atoms with van der Waals surface area (Å²) in [6, 6.07) is 0. The lowest BCUT2D eigenvalue weighted by Gasteiger charge is -2.19. The highest BCUT2D eigenvalue weighted by Crippen LogP contribution is 2.31. The summed E-state index contributed by atoms with van der Waals surface area (Å²) < 4.78 is 0. The Balaban J connectivity index is 7.09. The Labute approximate surface area is 263 Å². The maximum Gasteiger partial charge on any atom is -0.00453 e. The number of hydrogen-bond donors (Lipinski definition) is 0. The van der Waals surface area contributed by atoms with Crippen LogP contribution in [0.15, 0.2) is 119 Å². The lowest BCUT2D eigenvalue weighted by molar-refractivity contribution is 0.705. The lowest BCUT2D eigenvalue weighted by Crippen LogP contribution is -2.02. The van der Waals surface area contributed by atoms with Crippen LogP contribution >= 0.6 is 0 Å². The van der Waals surface area contributed by atoms with Crippen molar-refractivity contribution in [2.24, 2.45) is 17.8 Å². The Morgan fingerprint density at radius 1 is 0.738 bits per heavy atom. The molecule has 234 valence electrons. The van der Waals surface area contributed by atoms with Gasteiger partial charge >= 0.3 is 0 Å². The zero-order valence-electron chi connectivity index (χ0n) is 29.6. The summed E-state index contributed by atoms with van der Waals surface area (Å²) in [6.07, 6.45) is 31.7. The maximum absolute atomic E-state index is 4.31. The van der Waals surface area contributed by atoms with Gasteiger partial charge in [-0.15, -0.1) is 0 Å². The molecule has 0 heteroatoms. The average Bonchev–Trinajstić information content (AvgIpc) is 2.97. The molecule has 0 aromatic carbocycles. The minimum absolute atomic E-state index is 0.373. The second-order valence-corrected chi connectivity index (χ2v) is 12.2. The Morgan fingerprint density at radius 2 is 1.38 bits per heavy atom. The fourth-order valence-corrected chi connectivity index (χ4v) is 5.19. The van der Waals surface area contributed by atoms with Gasteiger partial charge in [0.2, 0.25) is 0 Å². The molecule has 0 radical (unpaired) electrons. The summed E-state index contributed by atoms with van der Waals surface area (Å²) in [5.41, 5.74) is 10.9. The quantitative estimate of drug-likeness (QED) is 0.101. The van der Waals surface area contributed by atoms with Crippen molar-refractivity contribution in [1.29, 1.82) is 0 Å². The zero-order chi connectivity index (χ0) is 32.1. The Morgan fingerprint density at radius 3 is 1.90 bits per heavy atom. The van der Waals surface area contributed by atoms with E-state index in [-0.39, 0.29) is 0 Å². The van der Waals surface area contributed by atoms with Crippen LogP contribution in [0, 0.1) is 17.8 Å². The Kier molecular flexibility index (Phi) is 21.5. The van der Waals surface area contributed by atoms with Crippen molar-refractivity contribution in [1.82, 2.24) is 0 Å². The summed E-state index contributed by atoms with van der Waals surface area (Å²) >= 11 is 0. The number of allylic oxidation sites excluding steroid dienone is 18. The maximum atomic E-state index is 4.31. The van der Waals surface area contributed by atoms with Crippen molar-refractivity contribution in [3.63, 3.8) is 0 Å². The third-order valence-corrected chi connectivity index (χ3v) is 8.14. The third kappa shape index (κ3) is 14.5. The Hall–Kier alpha value is -2.60. The van der Waals surface area contributed by atoms with E-state index in [9.17, 15) is 0 Å².